The summed E-state index contributed by atoms with van der Waals surface area (Å²) in [6, 6.07) is 3.86. The fourth-order valence-electron chi connectivity index (χ4n) is 1.55. The predicted molar refractivity (Wildman–Crippen MR) is 71.3 cm³/mol. The van der Waals surface area contributed by atoms with Crippen LogP contribution in [0.2, 0.25) is 10.2 Å². The Balaban J connectivity index is 2.68. The van der Waals surface area contributed by atoms with Crippen LogP contribution in [0.15, 0.2) is 23.1 Å². The van der Waals surface area contributed by atoms with E-state index in [-0.39, 0.29) is 26.5 Å². The zero-order valence-electron chi connectivity index (χ0n) is 9.36. The van der Waals surface area contributed by atoms with Crippen LogP contribution in [-0.2, 0) is 9.05 Å². The summed E-state index contributed by atoms with van der Waals surface area (Å²) in [7, 11) is 1.23. The molecule has 1 heterocycles. The van der Waals surface area contributed by atoms with Gasteiger partial charge < -0.3 is 0 Å². The second kappa shape index (κ2) is 4.94. The molecule has 1 aromatic heterocycles. The molecule has 1 aromatic carbocycles. The van der Waals surface area contributed by atoms with E-state index in [0.717, 1.165) is 10.7 Å². The molecule has 0 aliphatic rings. The van der Waals surface area contributed by atoms with Crippen LogP contribution in [-0.4, -0.2) is 18.2 Å². The fourth-order valence-corrected chi connectivity index (χ4v) is 3.60. The van der Waals surface area contributed by atoms with Crippen molar-refractivity contribution in [3.05, 3.63) is 39.9 Å². The molecular weight excluding hydrogens is 338 g/mol. The average Bonchev–Trinajstić information content (AvgIpc) is 2.57. The minimum absolute atomic E-state index is 0.0612. The molecule has 0 spiro atoms. The Morgan fingerprint density at radius 3 is 2.42 bits per heavy atom. The molecule has 2 aromatic rings. The molecule has 102 valence electrons. The van der Waals surface area contributed by atoms with E-state index < -0.39 is 14.9 Å². The third kappa shape index (κ3) is 2.72. The average molecular weight is 344 g/mol. The van der Waals surface area contributed by atoms with Gasteiger partial charge in [0.05, 0.1) is 16.4 Å². The maximum absolute atomic E-state index is 13.4. The van der Waals surface area contributed by atoms with Crippen molar-refractivity contribution >= 4 is 42.9 Å². The Morgan fingerprint density at radius 1 is 1.32 bits per heavy atom. The number of nitrogens with zero attached hydrogens (tertiary/aromatic N) is 2. The molecule has 0 N–H and O–H groups in total. The highest BCUT2D eigenvalue weighted by molar-refractivity contribution is 8.13. The van der Waals surface area contributed by atoms with Gasteiger partial charge in [-0.2, -0.15) is 5.10 Å². The van der Waals surface area contributed by atoms with E-state index in [9.17, 15) is 12.8 Å². The lowest BCUT2D eigenvalue weighted by Gasteiger charge is -2.04. The van der Waals surface area contributed by atoms with E-state index in [1.165, 1.54) is 19.1 Å². The number of aromatic nitrogens is 2. The second-order valence-electron chi connectivity index (χ2n) is 3.65. The quantitative estimate of drug-likeness (QED) is 0.784. The fraction of sp³-hybridized carbons (Fsp3) is 0.100. The highest BCUT2D eigenvalue weighted by Crippen LogP contribution is 2.30. The molecule has 0 aliphatic carbocycles. The molecule has 0 aliphatic heterocycles. The van der Waals surface area contributed by atoms with Gasteiger partial charge in [0.1, 0.15) is 10.7 Å². The minimum atomic E-state index is -4.03. The third-order valence-corrected chi connectivity index (χ3v) is 4.55. The van der Waals surface area contributed by atoms with E-state index in [0.29, 0.717) is 0 Å². The number of aryl methyl sites for hydroxylation is 1. The molecule has 9 heteroatoms. The van der Waals surface area contributed by atoms with Gasteiger partial charge in [-0.25, -0.2) is 17.5 Å². The lowest BCUT2D eigenvalue weighted by molar-refractivity contribution is 0.609. The van der Waals surface area contributed by atoms with Crippen molar-refractivity contribution < 1.29 is 12.8 Å². The Hall–Kier alpha value is -0.820. The first-order valence-electron chi connectivity index (χ1n) is 4.87. The van der Waals surface area contributed by atoms with Gasteiger partial charge in [0.15, 0.2) is 5.15 Å². The summed E-state index contributed by atoms with van der Waals surface area (Å²) in [4.78, 5) is -0.300. The largest absolute Gasteiger partial charge is 0.266 e. The number of hydrogen-bond donors (Lipinski definition) is 0. The van der Waals surface area contributed by atoms with Gasteiger partial charge in [0.25, 0.3) is 9.05 Å². The molecule has 0 amide bonds. The first-order valence-corrected chi connectivity index (χ1v) is 7.93. The van der Waals surface area contributed by atoms with E-state index in [1.807, 2.05) is 0 Å². The molecule has 4 nitrogen and oxygen atoms in total. The third-order valence-electron chi connectivity index (χ3n) is 2.34. The van der Waals surface area contributed by atoms with Gasteiger partial charge in [-0.3, -0.25) is 0 Å². The minimum Gasteiger partial charge on any atom is -0.220 e. The van der Waals surface area contributed by atoms with E-state index >= 15 is 0 Å². The lowest BCUT2D eigenvalue weighted by atomic mass is 10.3. The number of benzene rings is 1. The SMILES string of the molecule is Cc1nn(-c2ccc(Cl)c(F)c2)c(Cl)c1S(=O)(=O)Cl. The highest BCUT2D eigenvalue weighted by atomic mass is 35.7. The molecule has 0 fully saturated rings. The van der Waals surface area contributed by atoms with Crippen molar-refractivity contribution in [2.75, 3.05) is 0 Å². The van der Waals surface area contributed by atoms with Gasteiger partial charge in [0.2, 0.25) is 0 Å². The van der Waals surface area contributed by atoms with Crippen molar-refractivity contribution in [3.8, 4) is 5.69 Å². The van der Waals surface area contributed by atoms with Gasteiger partial charge >= 0.3 is 0 Å². The summed E-state index contributed by atoms with van der Waals surface area (Å²) >= 11 is 11.5. The Kier molecular flexibility index (Phi) is 3.79. The predicted octanol–water partition coefficient (Wildman–Crippen LogP) is 3.55. The van der Waals surface area contributed by atoms with Crippen molar-refractivity contribution in [2.24, 2.45) is 0 Å². The number of hydrogen-bond acceptors (Lipinski definition) is 3. The highest BCUT2D eigenvalue weighted by Gasteiger charge is 2.24. The standard InChI is InChI=1S/C10H6Cl3FN2O2S/c1-5-9(19(13,17)18)10(12)16(15-5)6-2-3-7(11)8(14)4-6/h2-4H,1H3. The zero-order chi connectivity index (χ0) is 14.4. The molecular formula is C10H6Cl3FN2O2S. The zero-order valence-corrected chi connectivity index (χ0v) is 12.4. The van der Waals surface area contributed by atoms with E-state index in [4.69, 9.17) is 33.9 Å². The molecule has 0 bridgehead atoms. The van der Waals surface area contributed by atoms with Crippen LogP contribution in [0, 0.1) is 12.7 Å². The lowest BCUT2D eigenvalue weighted by Crippen LogP contribution is -1.98. The Bertz CT molecular complexity index is 758. The summed E-state index contributed by atoms with van der Waals surface area (Å²) in [5, 5.41) is 3.65. The summed E-state index contributed by atoms with van der Waals surface area (Å²) in [5.74, 6) is -0.668. The second-order valence-corrected chi connectivity index (χ2v) is 6.92. The molecule has 2 rings (SSSR count). The van der Waals surface area contributed by atoms with Crippen molar-refractivity contribution in [2.45, 2.75) is 11.8 Å². The maximum atomic E-state index is 13.4. The van der Waals surface area contributed by atoms with E-state index in [2.05, 4.69) is 5.10 Å². The maximum Gasteiger partial charge on any atom is 0.266 e. The molecule has 0 atom stereocenters. The number of rotatable bonds is 2. The van der Waals surface area contributed by atoms with Gasteiger partial charge in [0, 0.05) is 16.7 Å². The Labute approximate surface area is 123 Å². The topological polar surface area (TPSA) is 52.0 Å². The van der Waals surface area contributed by atoms with Gasteiger partial charge in [-0.05, 0) is 19.1 Å². The first-order chi connectivity index (χ1) is 8.71. The molecule has 0 unspecified atom stereocenters. The van der Waals surface area contributed by atoms with Crippen molar-refractivity contribution in [1.82, 2.24) is 9.78 Å². The summed E-state index contributed by atoms with van der Waals surface area (Å²) in [6.07, 6.45) is 0. The summed E-state index contributed by atoms with van der Waals surface area (Å²) in [6.45, 7) is 1.43. The molecule has 0 radical (unpaired) electrons. The van der Waals surface area contributed by atoms with Crippen LogP contribution in [0.4, 0.5) is 4.39 Å². The van der Waals surface area contributed by atoms with Crippen molar-refractivity contribution in [1.29, 1.82) is 0 Å². The van der Waals surface area contributed by atoms with Crippen LogP contribution < -0.4 is 0 Å². The summed E-state index contributed by atoms with van der Waals surface area (Å²) < 4.78 is 37.2. The summed E-state index contributed by atoms with van der Waals surface area (Å²) in [5.41, 5.74) is 0.358. The van der Waals surface area contributed by atoms with Crippen LogP contribution in [0.1, 0.15) is 5.69 Å². The van der Waals surface area contributed by atoms with Gasteiger partial charge in [-0.15, -0.1) is 0 Å². The molecule has 0 saturated carbocycles. The Morgan fingerprint density at radius 2 is 1.95 bits per heavy atom. The first kappa shape index (κ1) is 14.6. The van der Waals surface area contributed by atoms with Crippen LogP contribution in [0.3, 0.4) is 0 Å². The van der Waals surface area contributed by atoms with Crippen LogP contribution in [0.5, 0.6) is 0 Å². The van der Waals surface area contributed by atoms with E-state index in [1.54, 1.807) is 0 Å². The van der Waals surface area contributed by atoms with Crippen LogP contribution >= 0.6 is 33.9 Å². The molecule has 19 heavy (non-hydrogen) atoms. The normalized spacial score (nSPS) is 11.8. The smallest absolute Gasteiger partial charge is 0.220 e. The monoisotopic (exact) mass is 342 g/mol. The molecule has 0 saturated heterocycles. The van der Waals surface area contributed by atoms with Crippen LogP contribution in [0.25, 0.3) is 5.69 Å². The van der Waals surface area contributed by atoms with Crippen molar-refractivity contribution in [3.63, 3.8) is 0 Å². The van der Waals surface area contributed by atoms with Gasteiger partial charge in [-0.1, -0.05) is 23.2 Å². The number of halogens is 4.